The second-order valence-corrected chi connectivity index (χ2v) is 8.55. The van der Waals surface area contributed by atoms with Crippen molar-refractivity contribution in [2.75, 3.05) is 6.54 Å². The van der Waals surface area contributed by atoms with Gasteiger partial charge < -0.3 is 9.47 Å². The van der Waals surface area contributed by atoms with Crippen LogP contribution in [0.4, 0.5) is 0 Å². The topological polar surface area (TPSA) is 25.2 Å². The zero-order valence-corrected chi connectivity index (χ0v) is 17.9. The van der Waals surface area contributed by atoms with Gasteiger partial charge in [0.15, 0.2) is 0 Å². The molecule has 0 aliphatic carbocycles. The van der Waals surface area contributed by atoms with Crippen LogP contribution in [0.15, 0.2) is 97.1 Å². The summed E-state index contributed by atoms with van der Waals surface area (Å²) in [6, 6.07) is 33.4. The molecule has 0 saturated carbocycles. The lowest BCUT2D eigenvalue weighted by Gasteiger charge is -2.28. The van der Waals surface area contributed by atoms with Crippen LogP contribution < -0.4 is 0 Å². The first kappa shape index (κ1) is 18.9. The SMILES string of the molecule is O=C(c1ccc2ccccc2c1)N1CCc2c(c3ccccc3n2Cc2ccccc2)C1. The Morgan fingerprint density at radius 2 is 1.53 bits per heavy atom. The van der Waals surface area contributed by atoms with E-state index in [4.69, 9.17) is 0 Å². The Labute approximate surface area is 187 Å². The predicted molar refractivity (Wildman–Crippen MR) is 130 cm³/mol. The maximum absolute atomic E-state index is 13.4. The standard InChI is InChI=1S/C29H24N2O/c32-29(24-15-14-22-10-4-5-11-23(22)18-24)30-17-16-28-26(20-30)25-12-6-7-13-27(25)31(28)19-21-8-2-1-3-9-21/h1-15,18H,16-17,19-20H2. The first-order valence-corrected chi connectivity index (χ1v) is 11.2. The van der Waals surface area contributed by atoms with Gasteiger partial charge in [-0.05, 0) is 34.5 Å². The van der Waals surface area contributed by atoms with Crippen molar-refractivity contribution < 1.29 is 4.79 Å². The minimum absolute atomic E-state index is 0.112. The van der Waals surface area contributed by atoms with Gasteiger partial charge in [-0.25, -0.2) is 0 Å². The third kappa shape index (κ3) is 3.18. The average molecular weight is 417 g/mol. The van der Waals surface area contributed by atoms with Crippen LogP contribution >= 0.6 is 0 Å². The van der Waals surface area contributed by atoms with Crippen molar-refractivity contribution in [3.63, 3.8) is 0 Å². The quantitative estimate of drug-likeness (QED) is 0.352. The van der Waals surface area contributed by atoms with E-state index >= 15 is 0 Å². The zero-order valence-electron chi connectivity index (χ0n) is 17.9. The summed E-state index contributed by atoms with van der Waals surface area (Å²) in [5.41, 5.74) is 5.96. The van der Waals surface area contributed by atoms with Crippen LogP contribution in [0.1, 0.15) is 27.2 Å². The molecule has 1 aliphatic rings. The molecule has 1 amide bonds. The highest BCUT2D eigenvalue weighted by molar-refractivity contribution is 5.99. The number of benzene rings is 4. The average Bonchev–Trinajstić information content (AvgIpc) is 3.17. The summed E-state index contributed by atoms with van der Waals surface area (Å²) in [6.07, 6.45) is 0.871. The number of carbonyl (C=O) groups excluding carboxylic acids is 1. The number of para-hydroxylation sites is 1. The molecule has 0 spiro atoms. The second kappa shape index (κ2) is 7.69. The van der Waals surface area contributed by atoms with E-state index in [2.05, 4.69) is 71.3 Å². The normalized spacial score (nSPS) is 13.4. The minimum atomic E-state index is 0.112. The molecular weight excluding hydrogens is 392 g/mol. The highest BCUT2D eigenvalue weighted by Gasteiger charge is 2.27. The van der Waals surface area contributed by atoms with E-state index in [0.717, 1.165) is 35.8 Å². The maximum atomic E-state index is 13.4. The fourth-order valence-electron chi connectivity index (χ4n) is 5.03. The van der Waals surface area contributed by atoms with Crippen LogP contribution in [0.25, 0.3) is 21.7 Å². The van der Waals surface area contributed by atoms with Crippen LogP contribution in [0.5, 0.6) is 0 Å². The molecule has 1 aromatic heterocycles. The minimum Gasteiger partial charge on any atom is -0.340 e. The fraction of sp³-hybridized carbons (Fsp3) is 0.138. The summed E-state index contributed by atoms with van der Waals surface area (Å²) in [6.45, 7) is 2.25. The number of rotatable bonds is 3. The van der Waals surface area contributed by atoms with Gasteiger partial charge >= 0.3 is 0 Å². The Balaban J connectivity index is 1.36. The maximum Gasteiger partial charge on any atom is 0.254 e. The highest BCUT2D eigenvalue weighted by atomic mass is 16.2. The van der Waals surface area contributed by atoms with Gasteiger partial charge in [-0.2, -0.15) is 0 Å². The summed E-state index contributed by atoms with van der Waals surface area (Å²) in [7, 11) is 0. The first-order valence-electron chi connectivity index (χ1n) is 11.2. The molecule has 0 fully saturated rings. The van der Waals surface area contributed by atoms with E-state index in [9.17, 15) is 4.79 Å². The van der Waals surface area contributed by atoms with Gasteiger partial charge in [0.25, 0.3) is 5.91 Å². The van der Waals surface area contributed by atoms with Gasteiger partial charge in [0.1, 0.15) is 0 Å². The van der Waals surface area contributed by atoms with Gasteiger partial charge in [-0.1, -0.05) is 78.9 Å². The number of nitrogens with zero attached hydrogens (tertiary/aromatic N) is 2. The summed E-state index contributed by atoms with van der Waals surface area (Å²) < 4.78 is 2.44. The smallest absolute Gasteiger partial charge is 0.254 e. The van der Waals surface area contributed by atoms with Gasteiger partial charge in [0.05, 0.1) is 0 Å². The number of fused-ring (bicyclic) bond motifs is 4. The lowest BCUT2D eigenvalue weighted by Crippen LogP contribution is -2.36. The monoisotopic (exact) mass is 416 g/mol. The Hall–Kier alpha value is -3.85. The van der Waals surface area contributed by atoms with Gasteiger partial charge in [-0.3, -0.25) is 4.79 Å². The summed E-state index contributed by atoms with van der Waals surface area (Å²) >= 11 is 0. The zero-order chi connectivity index (χ0) is 21.5. The van der Waals surface area contributed by atoms with E-state index in [1.54, 1.807) is 0 Å². The largest absolute Gasteiger partial charge is 0.340 e. The Morgan fingerprint density at radius 3 is 2.41 bits per heavy atom. The van der Waals surface area contributed by atoms with Crippen LogP contribution in [-0.4, -0.2) is 21.9 Å². The van der Waals surface area contributed by atoms with Gasteiger partial charge in [-0.15, -0.1) is 0 Å². The number of hydrogen-bond donors (Lipinski definition) is 0. The van der Waals surface area contributed by atoms with Gasteiger partial charge in [0.2, 0.25) is 0 Å². The molecule has 0 bridgehead atoms. The molecule has 0 unspecified atom stereocenters. The van der Waals surface area contributed by atoms with Crippen LogP contribution in [0.2, 0.25) is 0 Å². The van der Waals surface area contributed by atoms with Crippen molar-refractivity contribution in [1.29, 1.82) is 0 Å². The molecule has 2 heterocycles. The van der Waals surface area contributed by atoms with Crippen molar-refractivity contribution in [2.45, 2.75) is 19.5 Å². The Morgan fingerprint density at radius 1 is 0.781 bits per heavy atom. The molecule has 0 atom stereocenters. The van der Waals surface area contributed by atoms with Crippen molar-refractivity contribution in [2.24, 2.45) is 0 Å². The highest BCUT2D eigenvalue weighted by Crippen LogP contribution is 2.32. The number of amides is 1. The van der Waals surface area contributed by atoms with E-state index < -0.39 is 0 Å². The Bertz CT molecular complexity index is 1450. The lowest BCUT2D eigenvalue weighted by molar-refractivity contribution is 0.0734. The Kier molecular flexibility index (Phi) is 4.53. The third-order valence-electron chi connectivity index (χ3n) is 6.63. The summed E-state index contributed by atoms with van der Waals surface area (Å²) in [5, 5.41) is 3.53. The van der Waals surface area contributed by atoms with E-state index in [1.807, 2.05) is 35.2 Å². The third-order valence-corrected chi connectivity index (χ3v) is 6.63. The molecule has 0 radical (unpaired) electrons. The molecule has 156 valence electrons. The van der Waals surface area contributed by atoms with Crippen molar-refractivity contribution in [3.05, 3.63) is 119 Å². The molecule has 1 aliphatic heterocycles. The molecule has 3 nitrogen and oxygen atoms in total. The number of hydrogen-bond acceptors (Lipinski definition) is 1. The molecule has 32 heavy (non-hydrogen) atoms. The second-order valence-electron chi connectivity index (χ2n) is 8.55. The summed E-state index contributed by atoms with van der Waals surface area (Å²) in [5.74, 6) is 0.112. The van der Waals surface area contributed by atoms with E-state index in [1.165, 1.54) is 27.7 Å². The van der Waals surface area contributed by atoms with Crippen LogP contribution in [-0.2, 0) is 19.5 Å². The van der Waals surface area contributed by atoms with Crippen molar-refractivity contribution in [1.82, 2.24) is 9.47 Å². The molecule has 5 aromatic rings. The van der Waals surface area contributed by atoms with Crippen LogP contribution in [0.3, 0.4) is 0 Å². The lowest BCUT2D eigenvalue weighted by atomic mass is 10.0. The summed E-state index contributed by atoms with van der Waals surface area (Å²) in [4.78, 5) is 15.4. The molecule has 0 saturated heterocycles. The van der Waals surface area contributed by atoms with Gasteiger partial charge in [0, 0.05) is 53.8 Å². The number of carbonyl (C=O) groups is 1. The number of aromatic nitrogens is 1. The fourth-order valence-corrected chi connectivity index (χ4v) is 5.03. The van der Waals surface area contributed by atoms with E-state index in [0.29, 0.717) is 6.54 Å². The van der Waals surface area contributed by atoms with Crippen LogP contribution in [0, 0.1) is 0 Å². The molecule has 3 heteroatoms. The van der Waals surface area contributed by atoms with Crippen molar-refractivity contribution >= 4 is 27.6 Å². The predicted octanol–water partition coefficient (Wildman–Crippen LogP) is 6.04. The first-order chi connectivity index (χ1) is 15.8. The van der Waals surface area contributed by atoms with E-state index in [-0.39, 0.29) is 5.91 Å². The molecular formula is C29H24N2O. The molecule has 4 aromatic carbocycles. The molecule has 6 rings (SSSR count). The molecule has 0 N–H and O–H groups in total. The van der Waals surface area contributed by atoms with Crippen molar-refractivity contribution in [3.8, 4) is 0 Å².